The van der Waals surface area contributed by atoms with Crippen LogP contribution in [0, 0.1) is 12.8 Å². The molecular weight excluding hydrogens is 252 g/mol. The first kappa shape index (κ1) is 16.5. The number of aryl methyl sites for hydroxylation is 1. The molecular formula is C16H26N2O2. The van der Waals surface area contributed by atoms with E-state index < -0.39 is 6.10 Å². The Labute approximate surface area is 121 Å². The average molecular weight is 278 g/mol. The number of hydrogen-bond donors (Lipinski definition) is 3. The standard InChI is InChI=1S/C16H26N2O2/c1-5-11(2)13(4)18-16(20)17-10-15(19)14-9-7-6-8-12(14)3/h6-9,11,13,15,19H,5,10H2,1-4H3,(H2,17,18,20). The molecule has 0 aliphatic heterocycles. The molecule has 1 rings (SSSR count). The molecule has 0 aliphatic rings. The minimum absolute atomic E-state index is 0.121. The van der Waals surface area contributed by atoms with E-state index in [2.05, 4.69) is 24.5 Å². The number of benzene rings is 1. The lowest BCUT2D eigenvalue weighted by Crippen LogP contribution is -2.44. The van der Waals surface area contributed by atoms with E-state index in [0.717, 1.165) is 17.5 Å². The highest BCUT2D eigenvalue weighted by Crippen LogP contribution is 2.16. The number of aliphatic hydroxyl groups is 1. The van der Waals surface area contributed by atoms with Crippen LogP contribution in [0.15, 0.2) is 24.3 Å². The van der Waals surface area contributed by atoms with Crippen molar-refractivity contribution in [2.75, 3.05) is 6.54 Å². The van der Waals surface area contributed by atoms with Gasteiger partial charge in [0.1, 0.15) is 0 Å². The number of aliphatic hydroxyl groups excluding tert-OH is 1. The van der Waals surface area contributed by atoms with Crippen LogP contribution in [0.25, 0.3) is 0 Å². The summed E-state index contributed by atoms with van der Waals surface area (Å²) in [6, 6.07) is 7.53. The molecule has 0 aromatic heterocycles. The van der Waals surface area contributed by atoms with Gasteiger partial charge in [-0.3, -0.25) is 0 Å². The third-order valence-electron chi connectivity index (χ3n) is 3.86. The minimum Gasteiger partial charge on any atom is -0.387 e. The van der Waals surface area contributed by atoms with E-state index >= 15 is 0 Å². The van der Waals surface area contributed by atoms with E-state index in [4.69, 9.17) is 0 Å². The molecule has 1 aromatic rings. The zero-order valence-electron chi connectivity index (χ0n) is 12.8. The number of carbonyl (C=O) groups is 1. The maximum atomic E-state index is 11.8. The Morgan fingerprint density at radius 3 is 2.55 bits per heavy atom. The smallest absolute Gasteiger partial charge is 0.315 e. The first-order valence-corrected chi connectivity index (χ1v) is 7.23. The summed E-state index contributed by atoms with van der Waals surface area (Å²) in [6.07, 6.45) is 0.341. The summed E-state index contributed by atoms with van der Waals surface area (Å²) >= 11 is 0. The molecule has 0 spiro atoms. The molecule has 3 N–H and O–H groups in total. The fourth-order valence-corrected chi connectivity index (χ4v) is 2.01. The van der Waals surface area contributed by atoms with E-state index in [1.165, 1.54) is 0 Å². The normalized spacial score (nSPS) is 15.2. The van der Waals surface area contributed by atoms with Crippen LogP contribution in [-0.4, -0.2) is 23.7 Å². The predicted molar refractivity (Wildman–Crippen MR) is 81.6 cm³/mol. The highest BCUT2D eigenvalue weighted by Gasteiger charge is 2.15. The van der Waals surface area contributed by atoms with Gasteiger partial charge < -0.3 is 15.7 Å². The fraction of sp³-hybridized carbons (Fsp3) is 0.562. The Balaban J connectivity index is 2.43. The van der Waals surface area contributed by atoms with Gasteiger partial charge in [-0.2, -0.15) is 0 Å². The zero-order valence-corrected chi connectivity index (χ0v) is 12.8. The maximum Gasteiger partial charge on any atom is 0.315 e. The van der Waals surface area contributed by atoms with E-state index in [1.54, 1.807) is 0 Å². The van der Waals surface area contributed by atoms with Crippen LogP contribution in [0.2, 0.25) is 0 Å². The number of carbonyl (C=O) groups excluding carboxylic acids is 1. The Hall–Kier alpha value is -1.55. The molecule has 0 aliphatic carbocycles. The number of urea groups is 1. The van der Waals surface area contributed by atoms with Crippen LogP contribution in [0.4, 0.5) is 4.79 Å². The third-order valence-corrected chi connectivity index (χ3v) is 3.86. The van der Waals surface area contributed by atoms with Gasteiger partial charge in [-0.15, -0.1) is 0 Å². The van der Waals surface area contributed by atoms with Crippen molar-refractivity contribution in [3.05, 3.63) is 35.4 Å². The minimum atomic E-state index is -0.680. The molecule has 0 bridgehead atoms. The molecule has 4 nitrogen and oxygen atoms in total. The van der Waals surface area contributed by atoms with Crippen LogP contribution < -0.4 is 10.6 Å². The van der Waals surface area contributed by atoms with Crippen LogP contribution >= 0.6 is 0 Å². The van der Waals surface area contributed by atoms with Crippen LogP contribution in [0.5, 0.6) is 0 Å². The molecule has 20 heavy (non-hydrogen) atoms. The lowest BCUT2D eigenvalue weighted by Gasteiger charge is -2.21. The molecule has 0 radical (unpaired) electrons. The molecule has 2 amide bonds. The van der Waals surface area contributed by atoms with Gasteiger partial charge in [0, 0.05) is 12.6 Å². The maximum absolute atomic E-state index is 11.8. The number of nitrogens with one attached hydrogen (secondary N) is 2. The first-order valence-electron chi connectivity index (χ1n) is 7.23. The van der Waals surface area contributed by atoms with Crippen molar-refractivity contribution in [1.82, 2.24) is 10.6 Å². The summed E-state index contributed by atoms with van der Waals surface area (Å²) in [5.41, 5.74) is 1.87. The molecule has 1 aromatic carbocycles. The van der Waals surface area contributed by atoms with Crippen molar-refractivity contribution in [3.8, 4) is 0 Å². The lowest BCUT2D eigenvalue weighted by atomic mass is 10.0. The number of amides is 2. The molecule has 0 saturated carbocycles. The van der Waals surface area contributed by atoms with Crippen molar-refractivity contribution in [1.29, 1.82) is 0 Å². The molecule has 0 fully saturated rings. The number of hydrogen-bond acceptors (Lipinski definition) is 2. The molecule has 3 atom stereocenters. The molecule has 4 heteroatoms. The Bertz CT molecular complexity index is 434. The van der Waals surface area contributed by atoms with E-state index in [-0.39, 0.29) is 18.6 Å². The third kappa shape index (κ3) is 4.85. The highest BCUT2D eigenvalue weighted by molar-refractivity contribution is 5.74. The van der Waals surface area contributed by atoms with Crippen molar-refractivity contribution in [2.45, 2.75) is 46.3 Å². The number of rotatable bonds is 6. The van der Waals surface area contributed by atoms with Gasteiger partial charge in [0.2, 0.25) is 0 Å². The molecule has 112 valence electrons. The van der Waals surface area contributed by atoms with E-state index in [1.807, 2.05) is 38.1 Å². The average Bonchev–Trinajstić information content (AvgIpc) is 2.44. The lowest BCUT2D eigenvalue weighted by molar-refractivity contribution is 0.171. The monoisotopic (exact) mass is 278 g/mol. The van der Waals surface area contributed by atoms with Crippen molar-refractivity contribution >= 4 is 6.03 Å². The second-order valence-electron chi connectivity index (χ2n) is 5.40. The zero-order chi connectivity index (χ0) is 15.1. The molecule has 0 heterocycles. The van der Waals surface area contributed by atoms with Crippen LogP contribution in [-0.2, 0) is 0 Å². The SMILES string of the molecule is CCC(C)C(C)NC(=O)NCC(O)c1ccccc1C. The quantitative estimate of drug-likeness (QED) is 0.749. The Kier molecular flexibility index (Phi) is 6.52. The Morgan fingerprint density at radius 1 is 1.30 bits per heavy atom. The molecule has 3 unspecified atom stereocenters. The predicted octanol–water partition coefficient (Wildman–Crippen LogP) is 2.76. The second-order valence-corrected chi connectivity index (χ2v) is 5.40. The summed E-state index contributed by atoms with van der Waals surface area (Å²) < 4.78 is 0. The van der Waals surface area contributed by atoms with Gasteiger partial charge in [0.25, 0.3) is 0 Å². The van der Waals surface area contributed by atoms with Gasteiger partial charge in [0.05, 0.1) is 6.10 Å². The van der Waals surface area contributed by atoms with Crippen LogP contribution in [0.1, 0.15) is 44.4 Å². The Morgan fingerprint density at radius 2 is 1.95 bits per heavy atom. The summed E-state index contributed by atoms with van der Waals surface area (Å²) in [7, 11) is 0. The largest absolute Gasteiger partial charge is 0.387 e. The van der Waals surface area contributed by atoms with Crippen LogP contribution in [0.3, 0.4) is 0 Å². The summed E-state index contributed by atoms with van der Waals surface area (Å²) in [4.78, 5) is 11.8. The van der Waals surface area contributed by atoms with Crippen molar-refractivity contribution in [2.24, 2.45) is 5.92 Å². The van der Waals surface area contributed by atoms with Gasteiger partial charge in [-0.1, -0.05) is 44.5 Å². The summed E-state index contributed by atoms with van der Waals surface area (Å²) in [5.74, 6) is 0.432. The second kappa shape index (κ2) is 7.90. The van der Waals surface area contributed by atoms with Gasteiger partial charge in [0.15, 0.2) is 0 Å². The highest BCUT2D eigenvalue weighted by atomic mass is 16.3. The van der Waals surface area contributed by atoms with Gasteiger partial charge >= 0.3 is 6.03 Å². The van der Waals surface area contributed by atoms with E-state index in [9.17, 15) is 9.90 Å². The summed E-state index contributed by atoms with van der Waals surface area (Å²) in [6.45, 7) is 8.36. The topological polar surface area (TPSA) is 61.4 Å². The van der Waals surface area contributed by atoms with Crippen molar-refractivity contribution < 1.29 is 9.90 Å². The van der Waals surface area contributed by atoms with Crippen molar-refractivity contribution in [3.63, 3.8) is 0 Å². The summed E-state index contributed by atoms with van der Waals surface area (Å²) in [5, 5.41) is 15.7. The van der Waals surface area contributed by atoms with E-state index in [0.29, 0.717) is 5.92 Å². The molecule has 0 saturated heterocycles. The van der Waals surface area contributed by atoms with Gasteiger partial charge in [-0.25, -0.2) is 4.79 Å². The fourth-order valence-electron chi connectivity index (χ4n) is 2.01. The van der Waals surface area contributed by atoms with Gasteiger partial charge in [-0.05, 0) is 30.9 Å². The first-order chi connectivity index (χ1) is 9.45.